The zero-order valence-electron chi connectivity index (χ0n) is 14.8. The average Bonchev–Trinajstić information content (AvgIpc) is 2.66. The van der Waals surface area contributed by atoms with E-state index in [0.717, 1.165) is 11.1 Å². The molecule has 0 fully saturated rings. The van der Waals surface area contributed by atoms with Gasteiger partial charge < -0.3 is 10.2 Å². The van der Waals surface area contributed by atoms with Crippen LogP contribution in [0.4, 0.5) is 0 Å². The van der Waals surface area contributed by atoms with Gasteiger partial charge in [0.25, 0.3) is 0 Å². The van der Waals surface area contributed by atoms with Gasteiger partial charge in [-0.25, -0.2) is 8.42 Å². The summed E-state index contributed by atoms with van der Waals surface area (Å²) in [5.41, 5.74) is 1.53. The van der Waals surface area contributed by atoms with Crippen LogP contribution >= 0.6 is 24.4 Å². The van der Waals surface area contributed by atoms with E-state index in [9.17, 15) is 13.2 Å². The lowest BCUT2D eigenvalue weighted by Gasteiger charge is -2.19. The highest BCUT2D eigenvalue weighted by atomic mass is 32.2. The van der Waals surface area contributed by atoms with Gasteiger partial charge in [-0.05, 0) is 0 Å². The zero-order valence-corrected chi connectivity index (χ0v) is 17.2. The van der Waals surface area contributed by atoms with Gasteiger partial charge in [0, 0.05) is 18.2 Å². The van der Waals surface area contributed by atoms with Crippen LogP contribution in [0.3, 0.4) is 0 Å². The Morgan fingerprint density at radius 1 is 0.963 bits per heavy atom. The normalized spacial score (nSPS) is 10.9. The summed E-state index contributed by atoms with van der Waals surface area (Å²) in [6, 6.07) is 18.3. The molecule has 8 heteroatoms. The molecule has 142 valence electrons. The molecule has 0 radical (unpaired) electrons. The monoisotopic (exact) mass is 420 g/mol. The lowest BCUT2D eigenvalue weighted by molar-refractivity contribution is -0.116. The Kier molecular flexibility index (Phi) is 7.58. The lowest BCUT2D eigenvalue weighted by Crippen LogP contribution is -2.37. The first-order chi connectivity index (χ1) is 12.8. The van der Waals surface area contributed by atoms with E-state index in [0.29, 0.717) is 9.98 Å². The summed E-state index contributed by atoms with van der Waals surface area (Å²) < 4.78 is 24.4. The van der Waals surface area contributed by atoms with E-state index < -0.39 is 21.4 Å². The van der Waals surface area contributed by atoms with Gasteiger partial charge in [0.05, 0.1) is 6.54 Å². The highest BCUT2D eigenvalue weighted by Crippen LogP contribution is 2.05. The van der Waals surface area contributed by atoms with Crippen molar-refractivity contribution in [3.8, 4) is 0 Å². The molecule has 0 bridgehead atoms. The first kappa shape index (κ1) is 21.1. The maximum atomic E-state index is 12.2. The minimum atomic E-state index is -3.64. The number of carbonyl (C=O) groups excluding carboxylic acids is 1. The molecule has 5 nitrogen and oxygen atoms in total. The highest BCUT2D eigenvalue weighted by Gasteiger charge is 2.19. The molecule has 0 aliphatic heterocycles. The number of thiocarbonyl (C=S) groups is 2. The minimum Gasteiger partial charge on any atom is -0.362 e. The molecule has 0 heterocycles. The molecule has 0 atom stereocenters. The molecule has 0 saturated heterocycles. The summed E-state index contributed by atoms with van der Waals surface area (Å²) >= 11 is 10.5. The molecule has 0 aliphatic rings. The summed E-state index contributed by atoms with van der Waals surface area (Å²) in [5.74, 6) is -1.39. The van der Waals surface area contributed by atoms with E-state index in [1.165, 1.54) is 0 Å². The predicted molar refractivity (Wildman–Crippen MR) is 116 cm³/mol. The van der Waals surface area contributed by atoms with Gasteiger partial charge in [-0.2, -0.15) is 0 Å². The van der Waals surface area contributed by atoms with Crippen LogP contribution in [0.1, 0.15) is 11.1 Å². The summed E-state index contributed by atoms with van der Waals surface area (Å²) in [6.45, 7) is -0.0733. The fraction of sp³-hybridized carbons (Fsp3) is 0.211. The Bertz CT molecular complexity index is 914. The number of carbonyl (C=O) groups is 1. The predicted octanol–water partition coefficient (Wildman–Crippen LogP) is 2.20. The summed E-state index contributed by atoms with van der Waals surface area (Å²) in [5, 5.41) is 2.70. The van der Waals surface area contributed by atoms with Gasteiger partial charge >= 0.3 is 0 Å². The SMILES string of the molecule is CN(CC(=O)CS(=O)(=O)CNC(=S)c1ccccc1)C(=S)c1ccccc1. The number of ketones is 1. The third-order valence-electron chi connectivity index (χ3n) is 3.65. The topological polar surface area (TPSA) is 66.5 Å². The molecule has 0 saturated carbocycles. The highest BCUT2D eigenvalue weighted by molar-refractivity contribution is 7.92. The number of hydrogen-bond donors (Lipinski definition) is 1. The van der Waals surface area contributed by atoms with Gasteiger partial charge in [0.15, 0.2) is 15.6 Å². The van der Waals surface area contributed by atoms with Gasteiger partial charge in [-0.3, -0.25) is 4.79 Å². The van der Waals surface area contributed by atoms with Crippen LogP contribution in [0.25, 0.3) is 0 Å². The maximum absolute atomic E-state index is 12.2. The summed E-state index contributed by atoms with van der Waals surface area (Å²) in [4.78, 5) is 14.6. The average molecular weight is 421 g/mol. The Morgan fingerprint density at radius 2 is 1.48 bits per heavy atom. The van der Waals surface area contributed by atoms with Crippen LogP contribution in [0.2, 0.25) is 0 Å². The van der Waals surface area contributed by atoms with Crippen LogP contribution < -0.4 is 5.32 Å². The second kappa shape index (κ2) is 9.68. The van der Waals surface area contributed by atoms with Crippen LogP contribution in [-0.2, 0) is 14.6 Å². The molecule has 1 N–H and O–H groups in total. The Morgan fingerprint density at radius 3 is 2.04 bits per heavy atom. The van der Waals surface area contributed by atoms with Crippen LogP contribution in [0, 0.1) is 0 Å². The van der Waals surface area contributed by atoms with Crippen molar-refractivity contribution in [2.45, 2.75) is 0 Å². The van der Waals surface area contributed by atoms with E-state index in [-0.39, 0.29) is 12.4 Å². The van der Waals surface area contributed by atoms with Gasteiger partial charge in [-0.1, -0.05) is 85.1 Å². The molecule has 0 unspecified atom stereocenters. The number of nitrogens with zero attached hydrogens (tertiary/aromatic N) is 1. The molecule has 0 amide bonds. The molecule has 0 aromatic heterocycles. The van der Waals surface area contributed by atoms with Crippen LogP contribution in [0.15, 0.2) is 60.7 Å². The van der Waals surface area contributed by atoms with Crippen molar-refractivity contribution in [3.63, 3.8) is 0 Å². The van der Waals surface area contributed by atoms with E-state index >= 15 is 0 Å². The molecule has 27 heavy (non-hydrogen) atoms. The zero-order chi connectivity index (χ0) is 19.9. The first-order valence-corrected chi connectivity index (χ1v) is 10.8. The number of rotatable bonds is 8. The number of hydrogen-bond acceptors (Lipinski definition) is 5. The third-order valence-corrected chi connectivity index (χ3v) is 5.92. The quantitative estimate of drug-likeness (QED) is 0.657. The molecule has 0 aliphatic carbocycles. The fourth-order valence-corrected chi connectivity index (χ4v) is 3.89. The maximum Gasteiger partial charge on any atom is 0.175 e. The number of nitrogens with one attached hydrogen (secondary N) is 1. The van der Waals surface area contributed by atoms with Crippen molar-refractivity contribution in [1.82, 2.24) is 10.2 Å². The van der Waals surface area contributed by atoms with E-state index in [4.69, 9.17) is 24.4 Å². The van der Waals surface area contributed by atoms with Crippen molar-refractivity contribution in [2.75, 3.05) is 25.2 Å². The molecule has 2 rings (SSSR count). The van der Waals surface area contributed by atoms with E-state index in [1.807, 2.05) is 48.5 Å². The van der Waals surface area contributed by atoms with Crippen molar-refractivity contribution in [2.24, 2.45) is 0 Å². The standard InChI is InChI=1S/C19H20N2O3S3/c1-21(19(26)16-10-6-3-7-11-16)12-17(22)13-27(23,24)14-20-18(25)15-8-4-2-5-9-15/h2-11H,12-14H2,1H3,(H,20,25). The first-order valence-electron chi connectivity index (χ1n) is 8.14. The largest absolute Gasteiger partial charge is 0.362 e. The molecular weight excluding hydrogens is 400 g/mol. The van der Waals surface area contributed by atoms with Crippen LogP contribution in [-0.4, -0.2) is 54.3 Å². The van der Waals surface area contributed by atoms with Crippen LogP contribution in [0.5, 0.6) is 0 Å². The number of benzene rings is 2. The Hall–Kier alpha value is -2.16. The molecule has 0 spiro atoms. The fourth-order valence-electron chi connectivity index (χ4n) is 2.35. The summed E-state index contributed by atoms with van der Waals surface area (Å²) in [6.07, 6.45) is 0. The van der Waals surface area contributed by atoms with Gasteiger partial charge in [0.2, 0.25) is 0 Å². The Labute approximate surface area is 170 Å². The van der Waals surface area contributed by atoms with Crippen molar-refractivity contribution in [1.29, 1.82) is 0 Å². The second-order valence-corrected chi connectivity index (χ2v) is 8.83. The van der Waals surface area contributed by atoms with Crippen molar-refractivity contribution in [3.05, 3.63) is 71.8 Å². The number of likely N-dealkylation sites (N-methyl/N-ethyl adjacent to an activating group) is 1. The number of Topliss-reactive ketones (excluding diaryl/α,β-unsaturated/α-hetero) is 1. The van der Waals surface area contributed by atoms with Crippen molar-refractivity contribution >= 4 is 50.0 Å². The molecular formula is C19H20N2O3S3. The van der Waals surface area contributed by atoms with Gasteiger partial charge in [-0.15, -0.1) is 0 Å². The molecule has 2 aromatic carbocycles. The Balaban J connectivity index is 1.86. The van der Waals surface area contributed by atoms with E-state index in [1.54, 1.807) is 24.1 Å². The van der Waals surface area contributed by atoms with E-state index in [2.05, 4.69) is 5.32 Å². The molecule has 2 aromatic rings. The minimum absolute atomic E-state index is 0.0733. The van der Waals surface area contributed by atoms with Gasteiger partial charge in [0.1, 0.15) is 21.6 Å². The second-order valence-electron chi connectivity index (χ2n) is 5.97. The summed E-state index contributed by atoms with van der Waals surface area (Å²) in [7, 11) is -1.97. The van der Waals surface area contributed by atoms with Crippen molar-refractivity contribution < 1.29 is 13.2 Å². The third kappa shape index (κ3) is 6.82. The lowest BCUT2D eigenvalue weighted by atomic mass is 10.2. The number of sulfone groups is 1. The smallest absolute Gasteiger partial charge is 0.175 e.